The van der Waals surface area contributed by atoms with Gasteiger partial charge in [0.15, 0.2) is 5.84 Å². The van der Waals surface area contributed by atoms with Crippen LogP contribution in [-0.4, -0.2) is 65.0 Å². The molecule has 2 atom stereocenters. The Labute approximate surface area is 170 Å². The summed E-state index contributed by atoms with van der Waals surface area (Å²) >= 11 is 0. The summed E-state index contributed by atoms with van der Waals surface area (Å²) in [5.74, 6) is 1.27. The number of carbonyl (C=O) groups is 1. The second-order valence-electron chi connectivity index (χ2n) is 9.17. The highest BCUT2D eigenvalue weighted by Crippen LogP contribution is 2.38. The van der Waals surface area contributed by atoms with Gasteiger partial charge < -0.3 is 24.8 Å². The van der Waals surface area contributed by atoms with Crippen molar-refractivity contribution in [2.45, 2.75) is 58.2 Å². The molecule has 1 aromatic carbocycles. The van der Waals surface area contributed by atoms with Crippen LogP contribution < -0.4 is 20.4 Å². The van der Waals surface area contributed by atoms with Crippen LogP contribution in [0.3, 0.4) is 0 Å². The Bertz CT molecular complexity index is 844. The van der Waals surface area contributed by atoms with E-state index in [9.17, 15) is 9.90 Å². The number of rotatable bonds is 4. The van der Waals surface area contributed by atoms with Crippen LogP contribution in [0.1, 0.15) is 34.6 Å². The quantitative estimate of drug-likeness (QED) is 0.652. The molecule has 4 rings (SSSR count). The molecule has 1 fully saturated rings. The third kappa shape index (κ3) is 3.90. The van der Waals surface area contributed by atoms with E-state index in [1.807, 2.05) is 55.7 Å². The lowest BCUT2D eigenvalue weighted by molar-refractivity contribution is -0.260. The Morgan fingerprint density at radius 3 is 2.83 bits per heavy atom. The molecule has 0 radical (unpaired) electrons. The van der Waals surface area contributed by atoms with Gasteiger partial charge in [-0.05, 0) is 52.8 Å². The number of nitrogens with zero attached hydrogens (tertiary/aromatic N) is 3. The summed E-state index contributed by atoms with van der Waals surface area (Å²) in [5.41, 5.74) is 3.66. The number of aliphatic hydroxyl groups is 1. The van der Waals surface area contributed by atoms with Crippen molar-refractivity contribution >= 4 is 23.1 Å². The molecule has 1 amide bonds. The predicted octanol–water partition coefficient (Wildman–Crippen LogP) is 1.29. The van der Waals surface area contributed by atoms with Gasteiger partial charge in [-0.25, -0.2) is 5.43 Å². The first-order chi connectivity index (χ1) is 13.5. The molecule has 3 aliphatic heterocycles. The summed E-state index contributed by atoms with van der Waals surface area (Å²) in [5, 5.41) is 17.9. The predicted molar refractivity (Wildman–Crippen MR) is 110 cm³/mol. The highest BCUT2D eigenvalue weighted by Gasteiger charge is 2.43. The first kappa shape index (κ1) is 19.9. The van der Waals surface area contributed by atoms with Crippen LogP contribution in [-0.2, 0) is 9.53 Å². The molecule has 3 heterocycles. The Kier molecular flexibility index (Phi) is 4.71. The fourth-order valence-corrected chi connectivity index (χ4v) is 3.93. The first-order valence-electron chi connectivity index (χ1n) is 9.85. The SMILES string of the molecule is C[C@@H]1C(=O)NN=C2COc3ccc(NC4(C)CN(C(O)OC(C)(C)C)C4)cc3N21. The lowest BCUT2D eigenvalue weighted by atomic mass is 9.92. The third-order valence-electron chi connectivity index (χ3n) is 5.24. The van der Waals surface area contributed by atoms with Crippen LogP contribution in [0.5, 0.6) is 5.75 Å². The van der Waals surface area contributed by atoms with Crippen LogP contribution in [0, 0.1) is 0 Å². The molecule has 9 heteroatoms. The van der Waals surface area contributed by atoms with Gasteiger partial charge in [-0.2, -0.15) is 5.10 Å². The van der Waals surface area contributed by atoms with E-state index < -0.39 is 12.0 Å². The average molecular weight is 403 g/mol. The number of hydrogen-bond donors (Lipinski definition) is 3. The Morgan fingerprint density at radius 2 is 2.14 bits per heavy atom. The molecule has 9 nitrogen and oxygen atoms in total. The number of amides is 1. The van der Waals surface area contributed by atoms with Crippen molar-refractivity contribution in [3.8, 4) is 5.75 Å². The highest BCUT2D eigenvalue weighted by atomic mass is 16.6. The second kappa shape index (κ2) is 6.86. The van der Waals surface area contributed by atoms with Crippen molar-refractivity contribution in [1.29, 1.82) is 0 Å². The minimum absolute atomic E-state index is 0.144. The first-order valence-corrected chi connectivity index (χ1v) is 9.85. The van der Waals surface area contributed by atoms with Crippen LogP contribution >= 0.6 is 0 Å². The largest absolute Gasteiger partial charge is 0.483 e. The molecule has 0 aliphatic carbocycles. The van der Waals surface area contributed by atoms with E-state index in [4.69, 9.17) is 9.47 Å². The average Bonchev–Trinajstić information content (AvgIpc) is 2.60. The summed E-state index contributed by atoms with van der Waals surface area (Å²) in [4.78, 5) is 15.9. The molecular formula is C20H29N5O4. The lowest BCUT2D eigenvalue weighted by Crippen LogP contribution is -2.67. The topological polar surface area (TPSA) is 98.7 Å². The van der Waals surface area contributed by atoms with Crippen LogP contribution in [0.2, 0.25) is 0 Å². The monoisotopic (exact) mass is 403 g/mol. The molecule has 3 aliphatic rings. The van der Waals surface area contributed by atoms with E-state index in [1.54, 1.807) is 0 Å². The number of hydrazone groups is 1. The maximum atomic E-state index is 12.1. The summed E-state index contributed by atoms with van der Waals surface area (Å²) in [6.07, 6.45) is -0.923. The van der Waals surface area contributed by atoms with Crippen molar-refractivity contribution in [3.63, 3.8) is 0 Å². The van der Waals surface area contributed by atoms with Gasteiger partial charge in [0.05, 0.1) is 16.8 Å². The van der Waals surface area contributed by atoms with E-state index >= 15 is 0 Å². The minimum Gasteiger partial charge on any atom is -0.483 e. The van der Waals surface area contributed by atoms with Crippen LogP contribution in [0.25, 0.3) is 0 Å². The number of hydrogen-bond acceptors (Lipinski definition) is 8. The van der Waals surface area contributed by atoms with Gasteiger partial charge in [0.25, 0.3) is 5.91 Å². The number of carbonyl (C=O) groups excluding carboxylic acids is 1. The molecule has 158 valence electrons. The number of likely N-dealkylation sites (tertiary alicyclic amines) is 1. The zero-order chi connectivity index (χ0) is 21.0. The summed E-state index contributed by atoms with van der Waals surface area (Å²) in [6, 6.07) is 5.49. The zero-order valence-electron chi connectivity index (χ0n) is 17.5. The fraction of sp³-hybridized carbons (Fsp3) is 0.600. The van der Waals surface area contributed by atoms with E-state index in [1.165, 1.54) is 0 Å². The number of anilines is 2. The summed E-state index contributed by atoms with van der Waals surface area (Å²) in [6.45, 7) is 11.3. The number of fused-ring (bicyclic) bond motifs is 3. The molecule has 1 saturated heterocycles. The summed E-state index contributed by atoms with van der Waals surface area (Å²) in [7, 11) is 0. The molecule has 3 N–H and O–H groups in total. The van der Waals surface area contributed by atoms with E-state index in [0.29, 0.717) is 25.5 Å². The minimum atomic E-state index is -0.923. The smallest absolute Gasteiger partial charge is 0.262 e. The van der Waals surface area contributed by atoms with Crippen LogP contribution in [0.15, 0.2) is 23.3 Å². The van der Waals surface area contributed by atoms with Gasteiger partial charge in [0.2, 0.25) is 6.41 Å². The van der Waals surface area contributed by atoms with Crippen molar-refractivity contribution in [2.24, 2.45) is 5.10 Å². The zero-order valence-corrected chi connectivity index (χ0v) is 17.5. The highest BCUT2D eigenvalue weighted by molar-refractivity contribution is 6.09. The number of aliphatic hydroxyl groups excluding tert-OH is 1. The number of amidine groups is 1. The van der Waals surface area contributed by atoms with Gasteiger partial charge in [0.1, 0.15) is 18.4 Å². The molecule has 1 unspecified atom stereocenters. The molecule has 29 heavy (non-hydrogen) atoms. The van der Waals surface area contributed by atoms with Gasteiger partial charge in [-0.3, -0.25) is 9.69 Å². The van der Waals surface area contributed by atoms with Gasteiger partial charge in [0, 0.05) is 18.8 Å². The maximum absolute atomic E-state index is 12.1. The third-order valence-corrected chi connectivity index (χ3v) is 5.24. The number of ether oxygens (including phenoxy) is 2. The second-order valence-corrected chi connectivity index (χ2v) is 9.17. The van der Waals surface area contributed by atoms with Crippen molar-refractivity contribution in [1.82, 2.24) is 10.3 Å². The van der Waals surface area contributed by atoms with Crippen LogP contribution in [0.4, 0.5) is 11.4 Å². The molecule has 0 bridgehead atoms. The van der Waals surface area contributed by atoms with E-state index in [2.05, 4.69) is 22.8 Å². The molecule has 1 aromatic rings. The Morgan fingerprint density at radius 1 is 1.41 bits per heavy atom. The van der Waals surface area contributed by atoms with Gasteiger partial charge in [-0.15, -0.1) is 0 Å². The van der Waals surface area contributed by atoms with Crippen molar-refractivity contribution < 1.29 is 19.4 Å². The van der Waals surface area contributed by atoms with E-state index in [-0.39, 0.29) is 17.5 Å². The van der Waals surface area contributed by atoms with Crippen molar-refractivity contribution in [2.75, 3.05) is 29.9 Å². The molecule has 0 spiro atoms. The number of benzene rings is 1. The van der Waals surface area contributed by atoms with E-state index in [0.717, 1.165) is 17.1 Å². The molecule has 0 saturated carbocycles. The standard InChI is InChI=1S/C20H29N5O4/c1-12-17(26)23-22-16-9-28-15-7-6-13(8-14(15)25(12)16)21-20(5)10-24(11-20)18(27)29-19(2,3)4/h6-8,12,18,21,27H,9-11H2,1-5H3,(H,23,26)/t12-,18?/m1/s1. The molecular weight excluding hydrogens is 374 g/mol. The van der Waals surface area contributed by atoms with Gasteiger partial charge >= 0.3 is 0 Å². The lowest BCUT2D eigenvalue weighted by Gasteiger charge is -2.51. The maximum Gasteiger partial charge on any atom is 0.262 e. The Balaban J connectivity index is 1.47. The Hall–Kier alpha value is -2.36. The molecule has 0 aromatic heterocycles. The van der Waals surface area contributed by atoms with Crippen molar-refractivity contribution in [3.05, 3.63) is 18.2 Å². The normalized spacial score (nSPS) is 24.3. The summed E-state index contributed by atoms with van der Waals surface area (Å²) < 4.78 is 11.4. The number of nitrogens with one attached hydrogen (secondary N) is 2. The van der Waals surface area contributed by atoms with Gasteiger partial charge in [-0.1, -0.05) is 0 Å². The fourth-order valence-electron chi connectivity index (χ4n) is 3.93.